The first-order chi connectivity index (χ1) is 11.0. The van der Waals surface area contributed by atoms with Gasteiger partial charge in [-0.2, -0.15) is 0 Å². The molecule has 0 aromatic rings. The average molecular weight is 322 g/mol. The van der Waals surface area contributed by atoms with Crippen LogP contribution in [0, 0.1) is 0 Å². The van der Waals surface area contributed by atoms with Gasteiger partial charge >= 0.3 is 6.03 Å². The molecule has 3 aliphatic rings. The van der Waals surface area contributed by atoms with Gasteiger partial charge in [0.1, 0.15) is 5.54 Å². The Morgan fingerprint density at radius 1 is 1.26 bits per heavy atom. The highest BCUT2D eigenvalue weighted by atomic mass is 16.2. The van der Waals surface area contributed by atoms with E-state index in [0.717, 1.165) is 51.6 Å². The number of hydrogen-bond donors (Lipinski definition) is 2. The number of carbonyl (C=O) groups is 3. The predicted molar refractivity (Wildman–Crippen MR) is 84.7 cm³/mol. The maximum Gasteiger partial charge on any atom is 0.325 e. The molecule has 0 unspecified atom stereocenters. The summed E-state index contributed by atoms with van der Waals surface area (Å²) in [5, 5.41) is 5.86. The number of carbonyl (C=O) groups excluding carboxylic acids is 3. The summed E-state index contributed by atoms with van der Waals surface area (Å²) in [6.45, 7) is 2.14. The highest BCUT2D eigenvalue weighted by Gasteiger charge is 2.52. The maximum absolute atomic E-state index is 12.5. The van der Waals surface area contributed by atoms with E-state index in [-0.39, 0.29) is 36.9 Å². The normalized spacial score (nSPS) is 25.2. The molecule has 1 saturated carbocycles. The van der Waals surface area contributed by atoms with E-state index >= 15 is 0 Å². The lowest BCUT2D eigenvalue weighted by Gasteiger charge is -2.29. The summed E-state index contributed by atoms with van der Waals surface area (Å²) in [5.41, 5.74) is -0.679. The number of piperidine rings is 1. The van der Waals surface area contributed by atoms with E-state index in [1.165, 1.54) is 4.90 Å². The van der Waals surface area contributed by atoms with Crippen LogP contribution in [0.3, 0.4) is 0 Å². The Morgan fingerprint density at radius 2 is 1.91 bits per heavy atom. The van der Waals surface area contributed by atoms with Gasteiger partial charge in [-0.05, 0) is 45.8 Å². The van der Waals surface area contributed by atoms with Gasteiger partial charge in [-0.3, -0.25) is 14.5 Å². The Kier molecular flexibility index (Phi) is 4.57. The third-order valence-corrected chi connectivity index (χ3v) is 5.35. The molecule has 2 aliphatic heterocycles. The van der Waals surface area contributed by atoms with E-state index in [1.54, 1.807) is 0 Å². The minimum atomic E-state index is -0.679. The van der Waals surface area contributed by atoms with Gasteiger partial charge < -0.3 is 15.5 Å². The zero-order valence-corrected chi connectivity index (χ0v) is 13.8. The topological polar surface area (TPSA) is 81.8 Å². The number of nitrogens with one attached hydrogen (secondary N) is 2. The van der Waals surface area contributed by atoms with Crippen LogP contribution in [-0.4, -0.2) is 65.9 Å². The van der Waals surface area contributed by atoms with E-state index in [4.69, 9.17) is 0 Å². The molecule has 7 heteroatoms. The number of rotatable bonds is 4. The van der Waals surface area contributed by atoms with Crippen LogP contribution in [0.15, 0.2) is 0 Å². The molecule has 0 aromatic carbocycles. The molecule has 0 radical (unpaired) electrons. The van der Waals surface area contributed by atoms with E-state index < -0.39 is 5.54 Å². The molecule has 3 rings (SSSR count). The van der Waals surface area contributed by atoms with Crippen molar-refractivity contribution in [2.45, 2.75) is 56.5 Å². The Hall–Kier alpha value is -1.63. The SMILES string of the molecule is CN1CCC(NC(=O)CCN2C(=O)NC3(CCCC3)C2=O)CC1. The van der Waals surface area contributed by atoms with Crippen LogP contribution >= 0.6 is 0 Å². The zero-order chi connectivity index (χ0) is 16.4. The third kappa shape index (κ3) is 3.34. The number of urea groups is 1. The van der Waals surface area contributed by atoms with Crippen molar-refractivity contribution in [1.82, 2.24) is 20.4 Å². The molecule has 0 aromatic heterocycles. The molecule has 4 amide bonds. The molecule has 23 heavy (non-hydrogen) atoms. The first-order valence-corrected chi connectivity index (χ1v) is 8.62. The quantitative estimate of drug-likeness (QED) is 0.737. The largest absolute Gasteiger partial charge is 0.353 e. The summed E-state index contributed by atoms with van der Waals surface area (Å²) in [5.74, 6) is -0.223. The summed E-state index contributed by atoms with van der Waals surface area (Å²) in [6.07, 6.45) is 5.46. The van der Waals surface area contributed by atoms with Crippen LogP contribution in [0.4, 0.5) is 4.79 Å². The van der Waals surface area contributed by atoms with Crippen molar-refractivity contribution < 1.29 is 14.4 Å². The lowest BCUT2D eigenvalue weighted by atomic mass is 9.98. The van der Waals surface area contributed by atoms with Crippen LogP contribution in [0.2, 0.25) is 0 Å². The van der Waals surface area contributed by atoms with E-state index in [2.05, 4.69) is 22.6 Å². The van der Waals surface area contributed by atoms with Crippen molar-refractivity contribution in [3.8, 4) is 0 Å². The number of amides is 4. The highest BCUT2D eigenvalue weighted by molar-refractivity contribution is 6.07. The van der Waals surface area contributed by atoms with Gasteiger partial charge in [0.15, 0.2) is 0 Å². The fraction of sp³-hybridized carbons (Fsp3) is 0.812. The van der Waals surface area contributed by atoms with Crippen molar-refractivity contribution in [2.24, 2.45) is 0 Å². The fourth-order valence-electron chi connectivity index (χ4n) is 3.86. The molecule has 3 fully saturated rings. The van der Waals surface area contributed by atoms with Crippen molar-refractivity contribution >= 4 is 17.8 Å². The molecular formula is C16H26N4O3. The van der Waals surface area contributed by atoms with Crippen LogP contribution < -0.4 is 10.6 Å². The van der Waals surface area contributed by atoms with Crippen LogP contribution in [0.1, 0.15) is 44.9 Å². The minimum Gasteiger partial charge on any atom is -0.353 e. The predicted octanol–water partition coefficient (Wildman–Crippen LogP) is 0.452. The monoisotopic (exact) mass is 322 g/mol. The number of imide groups is 1. The second-order valence-corrected chi connectivity index (χ2v) is 7.07. The van der Waals surface area contributed by atoms with E-state index in [1.807, 2.05) is 0 Å². The smallest absolute Gasteiger partial charge is 0.325 e. The highest BCUT2D eigenvalue weighted by Crippen LogP contribution is 2.34. The maximum atomic E-state index is 12.5. The Labute approximate surface area is 136 Å². The Balaban J connectivity index is 1.47. The molecule has 2 N–H and O–H groups in total. The zero-order valence-electron chi connectivity index (χ0n) is 13.8. The van der Waals surface area contributed by atoms with Crippen LogP contribution in [0.5, 0.6) is 0 Å². The van der Waals surface area contributed by atoms with Gasteiger partial charge in [-0.1, -0.05) is 12.8 Å². The summed E-state index contributed by atoms with van der Waals surface area (Å²) >= 11 is 0. The van der Waals surface area contributed by atoms with Gasteiger partial charge in [-0.25, -0.2) is 4.79 Å². The van der Waals surface area contributed by atoms with Crippen molar-refractivity contribution in [2.75, 3.05) is 26.7 Å². The molecule has 0 bridgehead atoms. The second kappa shape index (κ2) is 6.47. The van der Waals surface area contributed by atoms with Gasteiger partial charge in [0.2, 0.25) is 5.91 Å². The van der Waals surface area contributed by atoms with E-state index in [0.29, 0.717) is 0 Å². The Morgan fingerprint density at radius 3 is 2.57 bits per heavy atom. The lowest BCUT2D eigenvalue weighted by molar-refractivity contribution is -0.131. The second-order valence-electron chi connectivity index (χ2n) is 7.07. The van der Waals surface area contributed by atoms with Crippen LogP contribution in [0.25, 0.3) is 0 Å². The molecule has 128 valence electrons. The van der Waals surface area contributed by atoms with E-state index in [9.17, 15) is 14.4 Å². The molecular weight excluding hydrogens is 296 g/mol. The Bertz CT molecular complexity index is 494. The summed E-state index contributed by atoms with van der Waals surface area (Å²) in [6, 6.07) is -0.132. The first kappa shape index (κ1) is 16.2. The minimum absolute atomic E-state index is 0.0764. The summed E-state index contributed by atoms with van der Waals surface area (Å²) in [4.78, 5) is 40.1. The average Bonchev–Trinajstić information content (AvgIpc) is 3.07. The van der Waals surface area contributed by atoms with Gasteiger partial charge in [0, 0.05) is 19.0 Å². The first-order valence-electron chi connectivity index (χ1n) is 8.62. The van der Waals surface area contributed by atoms with Gasteiger partial charge in [0.25, 0.3) is 5.91 Å². The standard InChI is InChI=1S/C16H26N4O3/c1-19-9-4-12(5-10-19)17-13(21)6-11-20-14(22)16(18-15(20)23)7-2-3-8-16/h12H,2-11H2,1H3,(H,17,21)(H,18,23). The molecule has 2 saturated heterocycles. The van der Waals surface area contributed by atoms with Crippen molar-refractivity contribution in [3.63, 3.8) is 0 Å². The fourth-order valence-corrected chi connectivity index (χ4v) is 3.86. The van der Waals surface area contributed by atoms with Gasteiger partial charge in [-0.15, -0.1) is 0 Å². The summed E-state index contributed by atoms with van der Waals surface area (Å²) in [7, 11) is 2.08. The number of hydrogen-bond acceptors (Lipinski definition) is 4. The van der Waals surface area contributed by atoms with Crippen LogP contribution in [-0.2, 0) is 9.59 Å². The molecule has 2 heterocycles. The molecule has 7 nitrogen and oxygen atoms in total. The summed E-state index contributed by atoms with van der Waals surface area (Å²) < 4.78 is 0. The molecule has 1 aliphatic carbocycles. The van der Waals surface area contributed by atoms with Crippen molar-refractivity contribution in [1.29, 1.82) is 0 Å². The third-order valence-electron chi connectivity index (χ3n) is 5.35. The molecule has 0 atom stereocenters. The van der Waals surface area contributed by atoms with Gasteiger partial charge in [0.05, 0.1) is 0 Å². The lowest BCUT2D eigenvalue weighted by Crippen LogP contribution is -2.45. The van der Waals surface area contributed by atoms with Crippen molar-refractivity contribution in [3.05, 3.63) is 0 Å². The molecule has 1 spiro atoms. The number of nitrogens with zero attached hydrogens (tertiary/aromatic N) is 2. The number of likely N-dealkylation sites (tertiary alicyclic amines) is 1.